The van der Waals surface area contributed by atoms with Crippen LogP contribution in [-0.2, 0) is 6.42 Å². The van der Waals surface area contributed by atoms with E-state index in [9.17, 15) is 0 Å². The average molecular weight is 427 g/mol. The van der Waals surface area contributed by atoms with E-state index in [1.54, 1.807) is 0 Å². The van der Waals surface area contributed by atoms with Gasteiger partial charge in [-0.2, -0.15) is 0 Å². The van der Waals surface area contributed by atoms with Gasteiger partial charge in [0, 0.05) is 0 Å². The molecule has 0 bridgehead atoms. The predicted octanol–water partition coefficient (Wildman–Crippen LogP) is 9.38. The van der Waals surface area contributed by atoms with Crippen LogP contribution in [0.5, 0.6) is 5.75 Å². The van der Waals surface area contributed by atoms with Crippen molar-refractivity contribution < 1.29 is 4.74 Å². The van der Waals surface area contributed by atoms with Crippen LogP contribution in [0.4, 0.5) is 0 Å². The van der Waals surface area contributed by atoms with Gasteiger partial charge in [-0.25, -0.2) is 0 Å². The molecule has 1 nitrogen and oxygen atoms in total. The molecule has 31 heavy (non-hydrogen) atoms. The van der Waals surface area contributed by atoms with Gasteiger partial charge in [-0.1, -0.05) is 109 Å². The second-order valence-corrected chi connectivity index (χ2v) is 10.8. The fraction of sp³-hybridized carbons (Fsp3) is 0.800. The smallest absolute Gasteiger partial charge is 0.119 e. The summed E-state index contributed by atoms with van der Waals surface area (Å²) < 4.78 is 6.10. The van der Waals surface area contributed by atoms with Crippen LogP contribution in [0.15, 0.2) is 24.3 Å². The van der Waals surface area contributed by atoms with Crippen molar-refractivity contribution in [2.75, 3.05) is 6.61 Å². The lowest BCUT2D eigenvalue weighted by atomic mass is 9.74. The molecule has 2 aliphatic rings. The van der Waals surface area contributed by atoms with E-state index in [1.165, 1.54) is 115 Å². The lowest BCUT2D eigenvalue weighted by molar-refractivity contribution is 0.190. The number of benzene rings is 1. The maximum Gasteiger partial charge on any atom is 0.119 e. The van der Waals surface area contributed by atoms with E-state index >= 15 is 0 Å². The van der Waals surface area contributed by atoms with Crippen molar-refractivity contribution in [3.8, 4) is 5.75 Å². The van der Waals surface area contributed by atoms with Gasteiger partial charge in [0.25, 0.3) is 0 Å². The predicted molar refractivity (Wildman–Crippen MR) is 135 cm³/mol. The number of hydrogen-bond donors (Lipinski definition) is 0. The van der Waals surface area contributed by atoms with Gasteiger partial charge in [0.15, 0.2) is 0 Å². The molecular formula is C30H50O. The summed E-state index contributed by atoms with van der Waals surface area (Å²) in [5.74, 6) is 5.00. The second kappa shape index (κ2) is 14.2. The number of hydrogen-bond acceptors (Lipinski definition) is 1. The summed E-state index contributed by atoms with van der Waals surface area (Å²) in [5.41, 5.74) is 1.49. The lowest BCUT2D eigenvalue weighted by Crippen LogP contribution is -2.20. The van der Waals surface area contributed by atoms with Crippen LogP contribution >= 0.6 is 0 Å². The van der Waals surface area contributed by atoms with Gasteiger partial charge in [0.1, 0.15) is 5.75 Å². The number of aryl methyl sites for hydroxylation is 1. The highest BCUT2D eigenvalue weighted by molar-refractivity contribution is 5.27. The number of rotatable bonds is 13. The molecule has 3 rings (SSSR count). The average Bonchev–Trinajstić information content (AvgIpc) is 2.82. The molecule has 0 aromatic heterocycles. The first kappa shape index (κ1) is 24.7. The Morgan fingerprint density at radius 3 is 2.00 bits per heavy atom. The summed E-state index contributed by atoms with van der Waals surface area (Å²) in [7, 11) is 0. The Morgan fingerprint density at radius 2 is 1.35 bits per heavy atom. The Balaban J connectivity index is 1.30. The highest BCUT2D eigenvalue weighted by Crippen LogP contribution is 2.36. The monoisotopic (exact) mass is 426 g/mol. The molecule has 0 N–H and O–H groups in total. The molecule has 0 heterocycles. The van der Waals surface area contributed by atoms with E-state index in [0.717, 1.165) is 36.0 Å². The van der Waals surface area contributed by atoms with Crippen molar-refractivity contribution in [2.45, 2.75) is 123 Å². The van der Waals surface area contributed by atoms with Crippen LogP contribution in [0.1, 0.15) is 122 Å². The van der Waals surface area contributed by atoms with Crippen molar-refractivity contribution in [3.05, 3.63) is 29.8 Å². The first-order valence-electron chi connectivity index (χ1n) is 14.0. The molecule has 0 radical (unpaired) electrons. The van der Waals surface area contributed by atoms with Crippen molar-refractivity contribution in [1.82, 2.24) is 0 Å². The van der Waals surface area contributed by atoms with E-state index in [0.29, 0.717) is 0 Å². The fourth-order valence-electron chi connectivity index (χ4n) is 6.29. The molecular weight excluding hydrogens is 376 g/mol. The molecule has 1 aromatic rings. The van der Waals surface area contributed by atoms with E-state index < -0.39 is 0 Å². The van der Waals surface area contributed by atoms with E-state index in [4.69, 9.17) is 4.74 Å². The lowest BCUT2D eigenvalue weighted by Gasteiger charge is -2.31. The van der Waals surface area contributed by atoms with Gasteiger partial charge >= 0.3 is 0 Å². The van der Waals surface area contributed by atoms with E-state index in [1.807, 2.05) is 0 Å². The summed E-state index contributed by atoms with van der Waals surface area (Å²) in [6.07, 6.45) is 24.0. The third-order valence-corrected chi connectivity index (χ3v) is 8.54. The first-order valence-corrected chi connectivity index (χ1v) is 14.0. The number of unbranched alkanes of at least 4 members (excludes halogenated alkanes) is 2. The Bertz CT molecular complexity index is 569. The Morgan fingerprint density at radius 1 is 0.710 bits per heavy atom. The zero-order chi connectivity index (χ0) is 21.7. The Kier molecular flexibility index (Phi) is 11.3. The van der Waals surface area contributed by atoms with E-state index in [2.05, 4.69) is 38.1 Å². The van der Waals surface area contributed by atoms with E-state index in [-0.39, 0.29) is 0 Å². The maximum atomic E-state index is 6.10. The van der Waals surface area contributed by atoms with Crippen LogP contribution in [0.25, 0.3) is 0 Å². The summed E-state index contributed by atoms with van der Waals surface area (Å²) >= 11 is 0. The van der Waals surface area contributed by atoms with Gasteiger partial charge in [-0.15, -0.1) is 0 Å². The summed E-state index contributed by atoms with van der Waals surface area (Å²) in [5, 5.41) is 0. The zero-order valence-corrected chi connectivity index (χ0v) is 20.8. The van der Waals surface area contributed by atoms with Crippen molar-refractivity contribution >= 4 is 0 Å². The molecule has 0 amide bonds. The van der Waals surface area contributed by atoms with Crippen LogP contribution in [0.3, 0.4) is 0 Å². The zero-order valence-electron chi connectivity index (χ0n) is 20.8. The normalized spacial score (nSPS) is 26.6. The third-order valence-electron chi connectivity index (χ3n) is 8.54. The highest BCUT2D eigenvalue weighted by Gasteiger charge is 2.24. The largest absolute Gasteiger partial charge is 0.494 e. The van der Waals surface area contributed by atoms with Crippen LogP contribution < -0.4 is 4.74 Å². The molecule has 2 fully saturated rings. The van der Waals surface area contributed by atoms with Gasteiger partial charge in [-0.3, -0.25) is 0 Å². The highest BCUT2D eigenvalue weighted by atomic mass is 16.5. The molecule has 2 atom stereocenters. The minimum atomic E-state index is 0.887. The Hall–Kier alpha value is -0.980. The first-order chi connectivity index (χ1) is 15.3. The molecule has 0 spiro atoms. The molecule has 1 heteroatoms. The molecule has 176 valence electrons. The summed E-state index contributed by atoms with van der Waals surface area (Å²) in [4.78, 5) is 0. The van der Waals surface area contributed by atoms with Gasteiger partial charge < -0.3 is 4.74 Å². The topological polar surface area (TPSA) is 9.23 Å². The molecule has 1 aromatic carbocycles. The fourth-order valence-corrected chi connectivity index (χ4v) is 6.29. The van der Waals surface area contributed by atoms with Crippen molar-refractivity contribution in [1.29, 1.82) is 0 Å². The Labute approximate surface area is 193 Å². The van der Waals surface area contributed by atoms with Crippen LogP contribution in [0, 0.1) is 23.7 Å². The molecule has 2 saturated carbocycles. The molecule has 2 unspecified atom stereocenters. The molecule has 0 saturated heterocycles. The standard InChI is InChI=1S/C30H50O/c1-3-5-6-10-28-11-7-8-12-29(28)13-9-24-31-30-22-20-27(21-23-30)19-18-26-16-14-25(4-2)15-17-26/h20-23,25-26,28-29H,3-19,24H2,1-2H3. The van der Waals surface area contributed by atoms with Gasteiger partial charge in [0.2, 0.25) is 0 Å². The molecule has 0 aliphatic heterocycles. The minimum absolute atomic E-state index is 0.887. The van der Waals surface area contributed by atoms with Crippen LogP contribution in [0.2, 0.25) is 0 Å². The van der Waals surface area contributed by atoms with Crippen LogP contribution in [-0.4, -0.2) is 6.61 Å². The van der Waals surface area contributed by atoms with Gasteiger partial charge in [0.05, 0.1) is 6.61 Å². The van der Waals surface area contributed by atoms with Crippen molar-refractivity contribution in [3.63, 3.8) is 0 Å². The molecule has 2 aliphatic carbocycles. The quantitative estimate of drug-likeness (QED) is 0.285. The summed E-state index contributed by atoms with van der Waals surface area (Å²) in [6, 6.07) is 9.02. The SMILES string of the molecule is CCCCCC1CCCCC1CCCOc1ccc(CCC2CCC(CC)CC2)cc1. The van der Waals surface area contributed by atoms with Gasteiger partial charge in [-0.05, 0) is 67.1 Å². The summed E-state index contributed by atoms with van der Waals surface area (Å²) in [6.45, 7) is 5.56. The second-order valence-electron chi connectivity index (χ2n) is 10.8. The minimum Gasteiger partial charge on any atom is -0.494 e. The third kappa shape index (κ3) is 8.82. The van der Waals surface area contributed by atoms with Crippen molar-refractivity contribution in [2.24, 2.45) is 23.7 Å². The number of ether oxygens (including phenoxy) is 1. The maximum absolute atomic E-state index is 6.10.